The molecular formula is C21H28N4O3. The van der Waals surface area contributed by atoms with Gasteiger partial charge in [0.05, 0.1) is 19.4 Å². The molecule has 2 aromatic rings. The second kappa shape index (κ2) is 8.22. The van der Waals surface area contributed by atoms with Crippen LogP contribution < -0.4 is 4.74 Å². The van der Waals surface area contributed by atoms with Gasteiger partial charge in [0, 0.05) is 50.9 Å². The second-order valence-electron chi connectivity index (χ2n) is 7.78. The highest BCUT2D eigenvalue weighted by Crippen LogP contribution is 2.33. The van der Waals surface area contributed by atoms with Crippen LogP contribution in [0.3, 0.4) is 0 Å². The number of aromatic nitrogens is 2. The number of carbonyl (C=O) groups excluding carboxylic acids is 1. The summed E-state index contributed by atoms with van der Waals surface area (Å²) >= 11 is 0. The van der Waals surface area contributed by atoms with Crippen molar-refractivity contribution in [1.82, 2.24) is 19.4 Å². The molecule has 0 N–H and O–H groups in total. The summed E-state index contributed by atoms with van der Waals surface area (Å²) in [6, 6.07) is 10.1. The summed E-state index contributed by atoms with van der Waals surface area (Å²) in [5, 5.41) is 0. The van der Waals surface area contributed by atoms with E-state index in [1.807, 2.05) is 49.1 Å². The van der Waals surface area contributed by atoms with Crippen molar-refractivity contribution in [3.63, 3.8) is 0 Å². The summed E-state index contributed by atoms with van der Waals surface area (Å²) in [5.41, 5.74) is -0.338. The Morgan fingerprint density at radius 1 is 1.25 bits per heavy atom. The molecule has 0 saturated carbocycles. The molecule has 0 radical (unpaired) electrons. The molecule has 1 atom stereocenters. The van der Waals surface area contributed by atoms with E-state index in [0.717, 1.165) is 38.2 Å². The summed E-state index contributed by atoms with van der Waals surface area (Å²) in [6.45, 7) is 6.74. The van der Waals surface area contributed by atoms with Crippen LogP contribution in [-0.2, 0) is 11.3 Å². The van der Waals surface area contributed by atoms with Crippen molar-refractivity contribution in [2.24, 2.45) is 0 Å². The first-order valence-electron chi connectivity index (χ1n) is 9.99. The fourth-order valence-electron chi connectivity index (χ4n) is 4.10. The van der Waals surface area contributed by atoms with E-state index in [-0.39, 0.29) is 11.7 Å². The predicted octanol–water partition coefficient (Wildman–Crippen LogP) is 2.64. The van der Waals surface area contributed by atoms with Crippen molar-refractivity contribution in [2.75, 3.05) is 32.8 Å². The number of para-hydroxylation sites is 1. The molecule has 2 aliphatic rings. The van der Waals surface area contributed by atoms with E-state index in [1.54, 1.807) is 4.90 Å². The zero-order chi connectivity index (χ0) is 19.4. The lowest BCUT2D eigenvalue weighted by Gasteiger charge is -2.40. The monoisotopic (exact) mass is 384 g/mol. The summed E-state index contributed by atoms with van der Waals surface area (Å²) in [4.78, 5) is 20.7. The molecule has 150 valence electrons. The van der Waals surface area contributed by atoms with Crippen molar-refractivity contribution in [3.05, 3.63) is 49.1 Å². The molecule has 7 nitrogen and oxygen atoms in total. The smallest absolute Gasteiger partial charge is 0.410 e. The highest BCUT2D eigenvalue weighted by molar-refractivity contribution is 5.70. The maximum Gasteiger partial charge on any atom is 0.410 e. The minimum Gasteiger partial charge on any atom is -0.492 e. The van der Waals surface area contributed by atoms with Gasteiger partial charge in [-0.05, 0) is 19.1 Å². The van der Waals surface area contributed by atoms with Crippen LogP contribution in [0.4, 0.5) is 4.79 Å². The number of hydrogen-bond donors (Lipinski definition) is 0. The Morgan fingerprint density at radius 2 is 2.04 bits per heavy atom. The number of amides is 1. The van der Waals surface area contributed by atoms with Crippen LogP contribution in [0.15, 0.2) is 49.1 Å². The quantitative estimate of drug-likeness (QED) is 0.734. The zero-order valence-corrected chi connectivity index (χ0v) is 16.4. The van der Waals surface area contributed by atoms with Crippen LogP contribution in [0.25, 0.3) is 0 Å². The summed E-state index contributed by atoms with van der Waals surface area (Å²) in [6.07, 6.45) is 7.21. The second-order valence-corrected chi connectivity index (χ2v) is 7.78. The van der Waals surface area contributed by atoms with Gasteiger partial charge in [0.25, 0.3) is 0 Å². The molecule has 4 rings (SSSR count). The fraction of sp³-hybridized carbons (Fsp3) is 0.524. The number of rotatable bonds is 7. The number of likely N-dealkylation sites (tertiary alicyclic amines) is 1. The zero-order valence-electron chi connectivity index (χ0n) is 16.4. The lowest BCUT2D eigenvalue weighted by molar-refractivity contribution is -0.00991. The van der Waals surface area contributed by atoms with E-state index in [4.69, 9.17) is 9.47 Å². The third-order valence-electron chi connectivity index (χ3n) is 5.78. The highest BCUT2D eigenvalue weighted by Gasteiger charge is 2.47. The Kier molecular flexibility index (Phi) is 5.52. The molecule has 7 heteroatoms. The Bertz CT molecular complexity index is 757. The molecule has 1 aromatic carbocycles. The van der Waals surface area contributed by atoms with Gasteiger partial charge in [-0.1, -0.05) is 18.2 Å². The van der Waals surface area contributed by atoms with Crippen LogP contribution >= 0.6 is 0 Å². The molecule has 2 fully saturated rings. The first kappa shape index (κ1) is 18.8. The van der Waals surface area contributed by atoms with Crippen LogP contribution in [0.5, 0.6) is 5.75 Å². The van der Waals surface area contributed by atoms with Gasteiger partial charge in [0.15, 0.2) is 0 Å². The van der Waals surface area contributed by atoms with Crippen LogP contribution in [-0.4, -0.2) is 69.9 Å². The van der Waals surface area contributed by atoms with Gasteiger partial charge in [-0.3, -0.25) is 4.90 Å². The van der Waals surface area contributed by atoms with Gasteiger partial charge < -0.3 is 18.9 Å². The number of hydrogen-bond acceptors (Lipinski definition) is 5. The van der Waals surface area contributed by atoms with E-state index >= 15 is 0 Å². The topological polar surface area (TPSA) is 59.8 Å². The lowest BCUT2D eigenvalue weighted by atomic mass is 9.90. The van der Waals surface area contributed by atoms with Gasteiger partial charge in [-0.2, -0.15) is 0 Å². The maximum absolute atomic E-state index is 12.3. The first-order valence-corrected chi connectivity index (χ1v) is 9.99. The molecule has 3 heterocycles. The summed E-state index contributed by atoms with van der Waals surface area (Å²) in [5.74, 6) is 0.824. The number of ether oxygens (including phenoxy) is 2. The van der Waals surface area contributed by atoms with Gasteiger partial charge in [0.1, 0.15) is 18.0 Å². The number of benzene rings is 1. The maximum atomic E-state index is 12.3. The molecule has 0 bridgehead atoms. The average Bonchev–Trinajstić information content (AvgIpc) is 3.31. The minimum atomic E-state index is -0.338. The first-order chi connectivity index (χ1) is 13.6. The Morgan fingerprint density at radius 3 is 2.75 bits per heavy atom. The number of imidazole rings is 1. The van der Waals surface area contributed by atoms with Crippen LogP contribution in [0.2, 0.25) is 0 Å². The van der Waals surface area contributed by atoms with Crippen molar-refractivity contribution in [2.45, 2.75) is 38.0 Å². The average molecular weight is 384 g/mol. The summed E-state index contributed by atoms with van der Waals surface area (Å²) in [7, 11) is 0. The molecule has 28 heavy (non-hydrogen) atoms. The lowest BCUT2D eigenvalue weighted by Crippen LogP contribution is -2.50. The molecular weight excluding hydrogens is 356 g/mol. The Hall–Kier alpha value is -2.54. The van der Waals surface area contributed by atoms with E-state index < -0.39 is 0 Å². The molecule has 2 saturated heterocycles. The third-order valence-corrected chi connectivity index (χ3v) is 5.78. The molecule has 0 unspecified atom stereocenters. The molecule has 2 aliphatic heterocycles. The van der Waals surface area contributed by atoms with Crippen molar-refractivity contribution in [3.8, 4) is 5.75 Å². The Balaban J connectivity index is 1.24. The molecule has 1 aromatic heterocycles. The van der Waals surface area contributed by atoms with E-state index in [1.165, 1.54) is 0 Å². The predicted molar refractivity (Wildman–Crippen MR) is 105 cm³/mol. The molecule has 0 aliphatic carbocycles. The largest absolute Gasteiger partial charge is 0.492 e. The van der Waals surface area contributed by atoms with E-state index in [9.17, 15) is 4.79 Å². The van der Waals surface area contributed by atoms with E-state index in [2.05, 4.69) is 21.4 Å². The normalized spacial score (nSPS) is 20.3. The van der Waals surface area contributed by atoms with Gasteiger partial charge >= 0.3 is 6.09 Å². The molecule has 1 amide bonds. The number of carbonyl (C=O) groups is 1. The van der Waals surface area contributed by atoms with Crippen LogP contribution in [0.1, 0.15) is 19.8 Å². The minimum absolute atomic E-state index is 0.212. The standard InChI is InChI=1S/C21H28N4O3/c1-18(15-23-12-9-22-17-23)24-10-7-21(8-11-24)16-25(20(26)28-21)13-14-27-19-5-3-2-4-6-19/h2-6,9,12,17-18H,7-8,10-11,13-16H2,1H3/t18-/m1/s1. The number of piperidine rings is 1. The Labute approximate surface area is 165 Å². The third kappa shape index (κ3) is 4.30. The van der Waals surface area contributed by atoms with Gasteiger partial charge in [-0.25, -0.2) is 9.78 Å². The van der Waals surface area contributed by atoms with Crippen molar-refractivity contribution < 1.29 is 14.3 Å². The SMILES string of the molecule is C[C@H](Cn1ccnc1)N1CCC2(CC1)CN(CCOc1ccccc1)C(=O)O2. The van der Waals surface area contributed by atoms with E-state index in [0.29, 0.717) is 25.7 Å². The van der Waals surface area contributed by atoms with Crippen molar-refractivity contribution in [1.29, 1.82) is 0 Å². The van der Waals surface area contributed by atoms with Crippen molar-refractivity contribution >= 4 is 6.09 Å². The van der Waals surface area contributed by atoms with Crippen LogP contribution in [0, 0.1) is 0 Å². The fourth-order valence-corrected chi connectivity index (χ4v) is 4.10. The highest BCUT2D eigenvalue weighted by atomic mass is 16.6. The molecule has 1 spiro atoms. The van der Waals surface area contributed by atoms with Gasteiger partial charge in [0.2, 0.25) is 0 Å². The summed E-state index contributed by atoms with van der Waals surface area (Å²) < 4.78 is 13.7. The number of nitrogens with zero attached hydrogens (tertiary/aromatic N) is 4. The van der Waals surface area contributed by atoms with Gasteiger partial charge in [-0.15, -0.1) is 0 Å².